The lowest BCUT2D eigenvalue weighted by atomic mass is 10.1. The molecule has 0 aliphatic carbocycles. The summed E-state index contributed by atoms with van der Waals surface area (Å²) in [4.78, 5) is 13.9. The minimum Gasteiger partial charge on any atom is -0.378 e. The highest BCUT2D eigenvalue weighted by molar-refractivity contribution is 6.37. The number of amides is 1. The number of ether oxygens (including phenoxy) is 1. The van der Waals surface area contributed by atoms with E-state index in [2.05, 4.69) is 0 Å². The van der Waals surface area contributed by atoms with E-state index in [1.165, 1.54) is 12.1 Å². The number of carbonyl (C=O) groups excluding carboxylic acids is 1. The Morgan fingerprint density at radius 3 is 2.33 bits per heavy atom. The smallest absolute Gasteiger partial charge is 0.254 e. The molecule has 94 valence electrons. The third-order valence-electron chi connectivity index (χ3n) is 2.70. The molecule has 6 heteroatoms. The largest absolute Gasteiger partial charge is 0.378 e. The number of nitrogens with zero attached hydrogens (tertiary/aromatic N) is 2. The van der Waals surface area contributed by atoms with E-state index in [1.807, 2.05) is 6.07 Å². The van der Waals surface area contributed by atoms with Gasteiger partial charge in [0.1, 0.15) is 6.07 Å². The predicted octanol–water partition coefficient (Wildman–Crippen LogP) is 2.34. The zero-order valence-corrected chi connectivity index (χ0v) is 11.0. The predicted molar refractivity (Wildman–Crippen MR) is 67.9 cm³/mol. The molecule has 0 spiro atoms. The molecule has 0 atom stereocenters. The van der Waals surface area contributed by atoms with Crippen LogP contribution in [0.15, 0.2) is 12.1 Å². The molecule has 0 unspecified atom stereocenters. The fraction of sp³-hybridized carbons (Fsp3) is 0.333. The van der Waals surface area contributed by atoms with E-state index in [0.29, 0.717) is 31.9 Å². The summed E-state index contributed by atoms with van der Waals surface area (Å²) in [5.74, 6) is -0.147. The maximum absolute atomic E-state index is 12.2. The fourth-order valence-corrected chi connectivity index (χ4v) is 2.32. The van der Waals surface area contributed by atoms with Crippen LogP contribution in [-0.4, -0.2) is 37.1 Å². The number of rotatable bonds is 1. The van der Waals surface area contributed by atoms with Crippen LogP contribution < -0.4 is 0 Å². The first kappa shape index (κ1) is 13.2. The molecule has 18 heavy (non-hydrogen) atoms. The van der Waals surface area contributed by atoms with Gasteiger partial charge in [-0.15, -0.1) is 0 Å². The molecule has 0 radical (unpaired) electrons. The minimum atomic E-state index is -0.147. The van der Waals surface area contributed by atoms with E-state index in [-0.39, 0.29) is 21.5 Å². The highest BCUT2D eigenvalue weighted by atomic mass is 35.5. The second-order valence-corrected chi connectivity index (χ2v) is 4.65. The van der Waals surface area contributed by atoms with Crippen molar-refractivity contribution in [1.29, 1.82) is 5.26 Å². The summed E-state index contributed by atoms with van der Waals surface area (Å²) in [7, 11) is 0. The number of benzene rings is 1. The zero-order chi connectivity index (χ0) is 13.1. The van der Waals surface area contributed by atoms with Crippen LogP contribution in [0.3, 0.4) is 0 Å². The molecule has 1 aliphatic rings. The molecule has 1 saturated heterocycles. The molecule has 0 bridgehead atoms. The lowest BCUT2D eigenvalue weighted by Crippen LogP contribution is -2.40. The average molecular weight is 285 g/mol. The van der Waals surface area contributed by atoms with E-state index in [1.54, 1.807) is 4.90 Å². The standard InChI is InChI=1S/C12H10Cl2N2O2/c13-10-5-8(6-11(14)9(10)7-15)12(17)16-1-3-18-4-2-16/h5-6H,1-4H2. The van der Waals surface area contributed by atoms with Crippen molar-refractivity contribution < 1.29 is 9.53 Å². The molecule has 1 heterocycles. The number of halogens is 2. The van der Waals surface area contributed by atoms with Crippen LogP contribution in [0.2, 0.25) is 10.0 Å². The molecule has 1 fully saturated rings. The third-order valence-corrected chi connectivity index (χ3v) is 3.30. The molecular formula is C12H10Cl2N2O2. The van der Waals surface area contributed by atoms with Gasteiger partial charge in [-0.2, -0.15) is 5.26 Å². The average Bonchev–Trinajstić information content (AvgIpc) is 2.38. The first-order valence-electron chi connectivity index (χ1n) is 5.39. The monoisotopic (exact) mass is 284 g/mol. The van der Waals surface area contributed by atoms with Crippen molar-refractivity contribution in [2.75, 3.05) is 26.3 Å². The summed E-state index contributed by atoms with van der Waals surface area (Å²) in [5.41, 5.74) is 0.586. The number of carbonyl (C=O) groups is 1. The quantitative estimate of drug-likeness (QED) is 0.795. The molecule has 1 aromatic carbocycles. The van der Waals surface area contributed by atoms with Crippen LogP contribution in [0, 0.1) is 11.3 Å². The van der Waals surface area contributed by atoms with E-state index < -0.39 is 0 Å². The Bertz CT molecular complexity index is 496. The van der Waals surface area contributed by atoms with Gasteiger partial charge < -0.3 is 9.64 Å². The summed E-state index contributed by atoms with van der Waals surface area (Å²) >= 11 is 11.8. The van der Waals surface area contributed by atoms with E-state index in [9.17, 15) is 4.79 Å². The summed E-state index contributed by atoms with van der Waals surface area (Å²) in [6, 6.07) is 4.85. The third kappa shape index (κ3) is 2.59. The lowest BCUT2D eigenvalue weighted by Gasteiger charge is -2.27. The Kier molecular flexibility index (Phi) is 4.07. The van der Waals surface area contributed by atoms with Gasteiger partial charge in [0, 0.05) is 18.7 Å². The Labute approximate surface area is 115 Å². The van der Waals surface area contributed by atoms with Crippen molar-refractivity contribution in [2.24, 2.45) is 0 Å². The summed E-state index contributed by atoms with van der Waals surface area (Å²) in [5, 5.41) is 9.24. The van der Waals surface area contributed by atoms with Crippen molar-refractivity contribution in [3.63, 3.8) is 0 Å². The number of morpholine rings is 1. The normalized spacial score (nSPS) is 15.3. The molecule has 0 saturated carbocycles. The summed E-state index contributed by atoms with van der Waals surface area (Å²) in [6.07, 6.45) is 0. The SMILES string of the molecule is N#Cc1c(Cl)cc(C(=O)N2CCOCC2)cc1Cl. The Hall–Kier alpha value is -1.28. The van der Waals surface area contributed by atoms with Crippen LogP contribution in [0.1, 0.15) is 15.9 Å². The topological polar surface area (TPSA) is 53.3 Å². The number of hydrogen-bond acceptors (Lipinski definition) is 3. The van der Waals surface area contributed by atoms with Crippen molar-refractivity contribution in [3.05, 3.63) is 33.3 Å². The van der Waals surface area contributed by atoms with Gasteiger partial charge in [0.25, 0.3) is 5.91 Å². The van der Waals surface area contributed by atoms with Crippen molar-refractivity contribution in [3.8, 4) is 6.07 Å². The highest BCUT2D eigenvalue weighted by Crippen LogP contribution is 2.26. The summed E-state index contributed by atoms with van der Waals surface area (Å²) < 4.78 is 5.18. The van der Waals surface area contributed by atoms with E-state index in [0.717, 1.165) is 0 Å². The molecule has 1 aliphatic heterocycles. The van der Waals surface area contributed by atoms with Crippen LogP contribution >= 0.6 is 23.2 Å². The van der Waals surface area contributed by atoms with Crippen LogP contribution in [-0.2, 0) is 4.74 Å². The first-order valence-corrected chi connectivity index (χ1v) is 6.15. The maximum atomic E-state index is 12.2. The van der Waals surface area contributed by atoms with Gasteiger partial charge in [-0.3, -0.25) is 4.79 Å². The van der Waals surface area contributed by atoms with Gasteiger partial charge in [0.15, 0.2) is 0 Å². The van der Waals surface area contributed by atoms with E-state index in [4.69, 9.17) is 33.2 Å². The second kappa shape index (κ2) is 5.57. The molecule has 2 rings (SSSR count). The minimum absolute atomic E-state index is 0.147. The van der Waals surface area contributed by atoms with Crippen molar-refractivity contribution in [2.45, 2.75) is 0 Å². The summed E-state index contributed by atoms with van der Waals surface area (Å²) in [6.45, 7) is 2.16. The zero-order valence-electron chi connectivity index (χ0n) is 9.45. The molecule has 4 nitrogen and oxygen atoms in total. The molecule has 0 aromatic heterocycles. The first-order chi connectivity index (χ1) is 8.63. The van der Waals surface area contributed by atoms with Crippen molar-refractivity contribution >= 4 is 29.1 Å². The van der Waals surface area contributed by atoms with Gasteiger partial charge in [-0.05, 0) is 12.1 Å². The van der Waals surface area contributed by atoms with Gasteiger partial charge >= 0.3 is 0 Å². The van der Waals surface area contributed by atoms with Gasteiger partial charge in [0.2, 0.25) is 0 Å². The molecular weight excluding hydrogens is 275 g/mol. The van der Waals surface area contributed by atoms with Crippen LogP contribution in [0.25, 0.3) is 0 Å². The van der Waals surface area contributed by atoms with Gasteiger partial charge in [-0.25, -0.2) is 0 Å². The number of hydrogen-bond donors (Lipinski definition) is 0. The Morgan fingerprint density at radius 2 is 1.83 bits per heavy atom. The van der Waals surface area contributed by atoms with Crippen LogP contribution in [0.4, 0.5) is 0 Å². The van der Waals surface area contributed by atoms with E-state index >= 15 is 0 Å². The number of nitriles is 1. The fourth-order valence-electron chi connectivity index (χ4n) is 1.75. The molecule has 1 aromatic rings. The van der Waals surface area contributed by atoms with Gasteiger partial charge in [-0.1, -0.05) is 23.2 Å². The maximum Gasteiger partial charge on any atom is 0.254 e. The Balaban J connectivity index is 2.28. The van der Waals surface area contributed by atoms with Crippen molar-refractivity contribution in [1.82, 2.24) is 4.90 Å². The highest BCUT2D eigenvalue weighted by Gasteiger charge is 2.20. The molecule has 1 amide bonds. The Morgan fingerprint density at radius 1 is 1.28 bits per heavy atom. The van der Waals surface area contributed by atoms with Gasteiger partial charge in [0.05, 0.1) is 28.8 Å². The molecule has 0 N–H and O–H groups in total. The second-order valence-electron chi connectivity index (χ2n) is 3.83. The lowest BCUT2D eigenvalue weighted by molar-refractivity contribution is 0.0303. The van der Waals surface area contributed by atoms with Crippen LogP contribution in [0.5, 0.6) is 0 Å².